The van der Waals surface area contributed by atoms with Gasteiger partial charge in [-0.05, 0) is 6.07 Å². The largest absolute Gasteiger partial charge is 0.457 e. The molecule has 0 aliphatic heterocycles. The number of ether oxygens (including phenoxy) is 2. The van der Waals surface area contributed by atoms with Gasteiger partial charge in [-0.1, -0.05) is 42.5 Å². The Balaban J connectivity index is 2.91. The van der Waals surface area contributed by atoms with E-state index in [1.165, 1.54) is 6.07 Å². The summed E-state index contributed by atoms with van der Waals surface area (Å²) in [7, 11) is 0. The topological polar surface area (TPSA) is 66.0 Å². The second-order valence-corrected chi connectivity index (χ2v) is 5.12. The first-order valence-electron chi connectivity index (χ1n) is 7.05. The van der Waals surface area contributed by atoms with Crippen LogP contribution < -0.4 is 9.47 Å². The van der Waals surface area contributed by atoms with Crippen LogP contribution in [0.2, 0.25) is 0 Å². The fourth-order valence-electron chi connectivity index (χ4n) is 2.44. The number of rotatable bonds is 5. The van der Waals surface area contributed by atoms with Crippen molar-refractivity contribution in [2.45, 2.75) is 17.8 Å². The van der Waals surface area contributed by atoms with Crippen LogP contribution >= 0.6 is 0 Å². The second-order valence-electron chi connectivity index (χ2n) is 5.12. The maximum absolute atomic E-state index is 15.7. The van der Waals surface area contributed by atoms with Crippen molar-refractivity contribution in [3.8, 4) is 24.0 Å². The van der Waals surface area contributed by atoms with Crippen LogP contribution in [0, 0.1) is 23.0 Å². The van der Waals surface area contributed by atoms with Gasteiger partial charge in [0.2, 0.25) is 5.67 Å². The van der Waals surface area contributed by atoms with E-state index in [0.29, 0.717) is 6.07 Å². The van der Waals surface area contributed by atoms with Gasteiger partial charge in [0.15, 0.2) is 11.5 Å². The molecular formula is C17H8F6N2O2. The molecule has 0 radical (unpaired) electrons. The molecule has 2 aromatic carbocycles. The molecule has 2 rings (SSSR count). The zero-order valence-electron chi connectivity index (χ0n) is 13.1. The molecule has 140 valence electrons. The average molecular weight is 386 g/mol. The number of nitriles is 2. The lowest BCUT2D eigenvalue weighted by atomic mass is 9.81. The quantitative estimate of drug-likeness (QED) is 0.546. The first-order valence-corrected chi connectivity index (χ1v) is 7.05. The van der Waals surface area contributed by atoms with Crippen LogP contribution in [-0.4, -0.2) is 12.1 Å². The number of nitrogens with zero attached hydrogens (tertiary/aromatic N) is 2. The van der Waals surface area contributed by atoms with Crippen LogP contribution in [0.1, 0.15) is 11.1 Å². The van der Waals surface area contributed by atoms with Crippen molar-refractivity contribution < 1.29 is 35.8 Å². The Morgan fingerprint density at radius 1 is 0.741 bits per heavy atom. The smallest absolute Gasteiger partial charge is 0.384 e. The second kappa shape index (κ2) is 7.08. The van der Waals surface area contributed by atoms with Gasteiger partial charge in [-0.3, -0.25) is 0 Å². The van der Waals surface area contributed by atoms with E-state index >= 15 is 4.39 Å². The molecular weight excluding hydrogens is 378 g/mol. The molecule has 4 nitrogen and oxygen atoms in total. The molecule has 27 heavy (non-hydrogen) atoms. The van der Waals surface area contributed by atoms with E-state index < -0.39 is 40.4 Å². The van der Waals surface area contributed by atoms with E-state index in [4.69, 9.17) is 10.5 Å². The molecule has 1 atom stereocenters. The van der Waals surface area contributed by atoms with E-state index in [9.17, 15) is 22.0 Å². The van der Waals surface area contributed by atoms with E-state index in [1.807, 2.05) is 0 Å². The highest BCUT2D eigenvalue weighted by Crippen LogP contribution is 2.57. The number of halogens is 6. The number of hydrogen-bond donors (Lipinski definition) is 0. The molecule has 0 N–H and O–H groups in total. The fourth-order valence-corrected chi connectivity index (χ4v) is 2.44. The van der Waals surface area contributed by atoms with Crippen molar-refractivity contribution in [2.24, 2.45) is 0 Å². The van der Waals surface area contributed by atoms with Gasteiger partial charge < -0.3 is 9.47 Å². The van der Waals surface area contributed by atoms with Crippen molar-refractivity contribution in [2.75, 3.05) is 0 Å². The summed E-state index contributed by atoms with van der Waals surface area (Å²) in [6, 6.07) is 7.29. The van der Waals surface area contributed by atoms with Crippen LogP contribution in [0.4, 0.5) is 26.3 Å². The molecule has 10 heteroatoms. The van der Waals surface area contributed by atoms with Crippen molar-refractivity contribution in [1.29, 1.82) is 10.5 Å². The predicted molar refractivity (Wildman–Crippen MR) is 78.3 cm³/mol. The molecule has 1 unspecified atom stereocenters. The Bertz CT molecular complexity index is 902. The maximum atomic E-state index is 15.7. The van der Waals surface area contributed by atoms with E-state index in [2.05, 4.69) is 9.47 Å². The Kier molecular flexibility index (Phi) is 5.22. The minimum absolute atomic E-state index is 0.587. The lowest BCUT2D eigenvalue weighted by Gasteiger charge is -2.35. The Labute approximate surface area is 148 Å². The Hall–Kier alpha value is -3.40. The van der Waals surface area contributed by atoms with Gasteiger partial charge in [-0.25, -0.2) is 4.39 Å². The van der Waals surface area contributed by atoms with Crippen molar-refractivity contribution >= 4 is 0 Å². The summed E-state index contributed by atoms with van der Waals surface area (Å²) in [5.74, 6) is -7.69. The lowest BCUT2D eigenvalue weighted by Crippen LogP contribution is -2.53. The highest BCUT2D eigenvalue weighted by atomic mass is 19.4. The SMILES string of the molecule is N#COc1cccc(C(F)(c2ccccc2)C(F)(F)C(F)(F)F)c1OC#N. The molecule has 0 aliphatic rings. The minimum atomic E-state index is -6.28. The molecule has 0 aliphatic carbocycles. The highest BCUT2D eigenvalue weighted by Gasteiger charge is 2.73. The fraction of sp³-hybridized carbons (Fsp3) is 0.176. The zero-order valence-corrected chi connectivity index (χ0v) is 13.1. The third kappa shape index (κ3) is 3.22. The number of alkyl halides is 6. The van der Waals surface area contributed by atoms with Crippen LogP contribution in [0.25, 0.3) is 0 Å². The first-order chi connectivity index (χ1) is 12.6. The summed E-state index contributed by atoms with van der Waals surface area (Å²) in [4.78, 5) is 0. The summed E-state index contributed by atoms with van der Waals surface area (Å²) in [5.41, 5.74) is -6.84. The molecule has 0 heterocycles. The van der Waals surface area contributed by atoms with E-state index in [-0.39, 0.29) is 0 Å². The van der Waals surface area contributed by atoms with Crippen molar-refractivity contribution in [3.63, 3.8) is 0 Å². The summed E-state index contributed by atoms with van der Waals surface area (Å²) >= 11 is 0. The van der Waals surface area contributed by atoms with Crippen molar-refractivity contribution in [3.05, 3.63) is 59.7 Å². The summed E-state index contributed by atoms with van der Waals surface area (Å²) < 4.78 is 92.5. The molecule has 2 aromatic rings. The predicted octanol–water partition coefficient (Wildman–Crippen LogP) is 4.82. The Morgan fingerprint density at radius 2 is 1.33 bits per heavy atom. The van der Waals surface area contributed by atoms with Gasteiger partial charge in [-0.15, -0.1) is 10.5 Å². The summed E-state index contributed by atoms with van der Waals surface area (Å²) in [6.45, 7) is 0. The van der Waals surface area contributed by atoms with Crippen LogP contribution in [0.15, 0.2) is 48.5 Å². The normalized spacial score (nSPS) is 13.8. The molecule has 0 aromatic heterocycles. The minimum Gasteiger partial charge on any atom is -0.384 e. The van der Waals surface area contributed by atoms with Crippen molar-refractivity contribution in [1.82, 2.24) is 0 Å². The molecule has 0 saturated carbocycles. The first kappa shape index (κ1) is 19.9. The van der Waals surface area contributed by atoms with Crippen LogP contribution in [0.5, 0.6) is 11.5 Å². The zero-order chi connectivity index (χ0) is 20.3. The summed E-state index contributed by atoms with van der Waals surface area (Å²) in [5, 5.41) is 17.3. The molecule has 0 spiro atoms. The summed E-state index contributed by atoms with van der Waals surface area (Å²) in [6.07, 6.45) is -4.08. The molecule has 0 bridgehead atoms. The van der Waals surface area contributed by atoms with E-state index in [0.717, 1.165) is 48.9 Å². The number of hydrogen-bond acceptors (Lipinski definition) is 4. The monoisotopic (exact) mass is 386 g/mol. The van der Waals surface area contributed by atoms with Gasteiger partial charge in [-0.2, -0.15) is 22.0 Å². The third-order valence-electron chi connectivity index (χ3n) is 3.61. The number of benzene rings is 2. The average Bonchev–Trinajstić information content (AvgIpc) is 2.62. The maximum Gasteiger partial charge on any atom is 0.457 e. The van der Waals surface area contributed by atoms with Gasteiger partial charge in [0, 0.05) is 11.1 Å². The van der Waals surface area contributed by atoms with Gasteiger partial charge in [0.25, 0.3) is 12.5 Å². The molecule has 0 saturated heterocycles. The van der Waals surface area contributed by atoms with Crippen LogP contribution in [-0.2, 0) is 5.67 Å². The molecule has 0 amide bonds. The number of para-hydroxylation sites is 1. The van der Waals surface area contributed by atoms with E-state index in [1.54, 1.807) is 0 Å². The molecule has 0 fully saturated rings. The lowest BCUT2D eigenvalue weighted by molar-refractivity contribution is -0.323. The standard InChI is InChI=1S/C17H8F6N2O2/c18-15(11-5-2-1-3-6-11,16(19,20)17(21,22)23)12-7-4-8-13(26-9-24)14(12)27-10-25/h1-8H. The van der Waals surface area contributed by atoms with Gasteiger partial charge >= 0.3 is 12.1 Å². The van der Waals surface area contributed by atoms with Gasteiger partial charge in [0.1, 0.15) is 0 Å². The van der Waals surface area contributed by atoms with Crippen LogP contribution in [0.3, 0.4) is 0 Å². The van der Waals surface area contributed by atoms with Gasteiger partial charge in [0.05, 0.1) is 0 Å². The Morgan fingerprint density at radius 3 is 1.85 bits per heavy atom. The highest BCUT2D eigenvalue weighted by molar-refractivity contribution is 5.55. The third-order valence-corrected chi connectivity index (χ3v) is 3.61.